The SMILES string of the molecule is CC(C)(C)NS(=O)(=O)c1cc(NC(=O)NCc2ccccc2)ccc1-c1cnc([C@@H]2CCCCO2)s1. The number of urea groups is 1. The predicted octanol–water partition coefficient (Wildman–Crippen LogP) is 5.45. The lowest BCUT2D eigenvalue weighted by Gasteiger charge is -2.22. The normalized spacial score (nSPS) is 16.5. The molecule has 0 radical (unpaired) electrons. The van der Waals surface area contributed by atoms with E-state index in [2.05, 4.69) is 20.3 Å². The number of nitrogens with zero attached hydrogens (tertiary/aromatic N) is 1. The minimum atomic E-state index is -3.90. The third-order valence-electron chi connectivity index (χ3n) is 5.51. The van der Waals surface area contributed by atoms with E-state index in [1.807, 2.05) is 30.3 Å². The van der Waals surface area contributed by atoms with Gasteiger partial charge in [0, 0.05) is 36.1 Å². The lowest BCUT2D eigenvalue weighted by Crippen LogP contribution is -2.40. The van der Waals surface area contributed by atoms with E-state index in [0.717, 1.165) is 34.7 Å². The molecule has 2 heterocycles. The van der Waals surface area contributed by atoms with E-state index in [0.29, 0.717) is 24.4 Å². The number of carbonyl (C=O) groups excluding carboxylic acids is 1. The van der Waals surface area contributed by atoms with Gasteiger partial charge in [-0.2, -0.15) is 0 Å². The first kappa shape index (κ1) is 26.3. The molecular formula is C26H32N4O4S2. The van der Waals surface area contributed by atoms with Crippen molar-refractivity contribution in [3.63, 3.8) is 0 Å². The van der Waals surface area contributed by atoms with Gasteiger partial charge >= 0.3 is 6.03 Å². The molecule has 192 valence electrons. The molecule has 36 heavy (non-hydrogen) atoms. The number of amides is 2. The summed E-state index contributed by atoms with van der Waals surface area (Å²) in [7, 11) is -3.90. The molecule has 2 amide bonds. The van der Waals surface area contributed by atoms with E-state index in [1.54, 1.807) is 39.1 Å². The predicted molar refractivity (Wildman–Crippen MR) is 142 cm³/mol. The first-order chi connectivity index (χ1) is 17.1. The zero-order valence-corrected chi connectivity index (χ0v) is 22.3. The molecule has 10 heteroatoms. The molecule has 8 nitrogen and oxygen atoms in total. The summed E-state index contributed by atoms with van der Waals surface area (Å²) in [5.41, 5.74) is 1.19. The molecular weight excluding hydrogens is 496 g/mol. The highest BCUT2D eigenvalue weighted by Crippen LogP contribution is 2.38. The summed E-state index contributed by atoms with van der Waals surface area (Å²) in [5, 5.41) is 6.39. The van der Waals surface area contributed by atoms with Crippen molar-refractivity contribution >= 4 is 33.1 Å². The molecule has 3 N–H and O–H groups in total. The van der Waals surface area contributed by atoms with Gasteiger partial charge in [-0.15, -0.1) is 11.3 Å². The van der Waals surface area contributed by atoms with Crippen molar-refractivity contribution in [1.29, 1.82) is 0 Å². The average Bonchev–Trinajstić information content (AvgIpc) is 3.33. The fourth-order valence-corrected chi connectivity index (χ4v) is 6.71. The number of rotatable bonds is 7. The highest BCUT2D eigenvalue weighted by Gasteiger charge is 2.27. The molecule has 1 fully saturated rings. The second-order valence-corrected chi connectivity index (χ2v) is 12.5. The first-order valence-electron chi connectivity index (χ1n) is 12.0. The topological polar surface area (TPSA) is 109 Å². The van der Waals surface area contributed by atoms with Crippen LogP contribution in [0.25, 0.3) is 10.4 Å². The lowest BCUT2D eigenvalue weighted by atomic mass is 10.1. The molecule has 3 aromatic rings. The average molecular weight is 529 g/mol. The van der Waals surface area contributed by atoms with Crippen molar-refractivity contribution < 1.29 is 17.9 Å². The molecule has 4 rings (SSSR count). The lowest BCUT2D eigenvalue weighted by molar-refractivity contribution is 0.0148. The van der Waals surface area contributed by atoms with Crippen molar-refractivity contribution in [2.45, 2.75) is 63.1 Å². The van der Waals surface area contributed by atoms with Gasteiger partial charge in [0.15, 0.2) is 0 Å². The zero-order chi connectivity index (χ0) is 25.8. The highest BCUT2D eigenvalue weighted by molar-refractivity contribution is 7.89. The third kappa shape index (κ3) is 6.91. The number of ether oxygens (including phenoxy) is 1. The summed E-state index contributed by atoms with van der Waals surface area (Å²) < 4.78 is 35.4. The maximum Gasteiger partial charge on any atom is 0.319 e. The molecule has 1 atom stereocenters. The molecule has 1 aliphatic rings. The van der Waals surface area contributed by atoms with Crippen molar-refractivity contribution in [2.75, 3.05) is 11.9 Å². The van der Waals surface area contributed by atoms with Crippen molar-refractivity contribution in [1.82, 2.24) is 15.0 Å². The number of hydrogen-bond donors (Lipinski definition) is 3. The Kier molecular flexibility index (Phi) is 8.09. The Bertz CT molecular complexity index is 1290. The molecule has 0 bridgehead atoms. The van der Waals surface area contributed by atoms with Gasteiger partial charge in [0.2, 0.25) is 10.0 Å². The summed E-state index contributed by atoms with van der Waals surface area (Å²) in [6.45, 7) is 6.42. The molecule has 0 spiro atoms. The summed E-state index contributed by atoms with van der Waals surface area (Å²) in [5.74, 6) is 0. The third-order valence-corrected chi connectivity index (χ3v) is 8.43. The molecule has 0 unspecified atom stereocenters. The van der Waals surface area contributed by atoms with Crippen LogP contribution >= 0.6 is 11.3 Å². The van der Waals surface area contributed by atoms with Crippen LogP contribution in [-0.2, 0) is 21.3 Å². The Balaban J connectivity index is 1.60. The van der Waals surface area contributed by atoms with E-state index < -0.39 is 21.6 Å². The van der Waals surface area contributed by atoms with Crippen LogP contribution in [0.4, 0.5) is 10.5 Å². The van der Waals surface area contributed by atoms with Gasteiger partial charge in [-0.1, -0.05) is 36.4 Å². The standard InChI is InChI=1S/C26H32N4O4S2/c1-26(2,3)30-36(32,33)23-15-19(29-25(31)28-16-18-9-5-4-6-10-18)12-13-20(23)22-17-27-24(35-22)21-11-7-8-14-34-21/h4-6,9-10,12-13,15,17,21,30H,7-8,11,14,16H2,1-3H3,(H2,28,29,31)/t21-/m0/s1. The Hall–Kier alpha value is -2.79. The number of carbonyl (C=O) groups is 1. The van der Waals surface area contributed by atoms with Crippen LogP contribution in [0, 0.1) is 0 Å². The maximum atomic E-state index is 13.4. The first-order valence-corrected chi connectivity index (χ1v) is 14.3. The van der Waals surface area contributed by atoms with Gasteiger partial charge in [-0.05, 0) is 57.7 Å². The maximum absolute atomic E-state index is 13.4. The number of sulfonamides is 1. The quantitative estimate of drug-likeness (QED) is 0.378. The summed E-state index contributed by atoms with van der Waals surface area (Å²) in [4.78, 5) is 17.8. The van der Waals surface area contributed by atoms with E-state index in [4.69, 9.17) is 4.74 Å². The molecule has 0 saturated carbocycles. The Morgan fingerprint density at radius 3 is 2.61 bits per heavy atom. The Morgan fingerprint density at radius 1 is 1.14 bits per heavy atom. The van der Waals surface area contributed by atoms with E-state index >= 15 is 0 Å². The summed E-state index contributed by atoms with van der Waals surface area (Å²) >= 11 is 1.44. The van der Waals surface area contributed by atoms with E-state index in [1.165, 1.54) is 17.4 Å². The number of nitrogens with one attached hydrogen (secondary N) is 3. The van der Waals surface area contributed by atoms with Crippen LogP contribution < -0.4 is 15.4 Å². The molecule has 1 aromatic heterocycles. The number of aromatic nitrogens is 1. The van der Waals surface area contributed by atoms with E-state index in [9.17, 15) is 13.2 Å². The fourth-order valence-electron chi connectivity index (χ4n) is 3.93. The second-order valence-electron chi connectivity index (χ2n) is 9.78. The number of thiazole rings is 1. The van der Waals surface area contributed by atoms with Crippen LogP contribution in [0.2, 0.25) is 0 Å². The summed E-state index contributed by atoms with van der Waals surface area (Å²) in [6.07, 6.45) is 4.68. The van der Waals surface area contributed by atoms with Crippen molar-refractivity contribution in [3.8, 4) is 10.4 Å². The van der Waals surface area contributed by atoms with Gasteiger partial charge in [0.25, 0.3) is 0 Å². The summed E-state index contributed by atoms with van der Waals surface area (Å²) in [6, 6.07) is 14.0. The largest absolute Gasteiger partial charge is 0.371 e. The van der Waals surface area contributed by atoms with Gasteiger partial charge < -0.3 is 15.4 Å². The number of anilines is 1. The Morgan fingerprint density at radius 2 is 1.92 bits per heavy atom. The molecule has 2 aromatic carbocycles. The number of hydrogen-bond acceptors (Lipinski definition) is 6. The van der Waals surface area contributed by atoms with Crippen molar-refractivity contribution in [3.05, 3.63) is 65.3 Å². The minimum Gasteiger partial charge on any atom is -0.371 e. The van der Waals surface area contributed by atoms with Crippen molar-refractivity contribution in [2.24, 2.45) is 0 Å². The zero-order valence-electron chi connectivity index (χ0n) is 20.7. The Labute approximate surface area is 216 Å². The minimum absolute atomic E-state index is 0.0560. The van der Waals surface area contributed by atoms with Gasteiger partial charge in [-0.25, -0.2) is 22.9 Å². The molecule has 1 aliphatic heterocycles. The van der Waals surface area contributed by atoms with Crippen LogP contribution in [-0.4, -0.2) is 31.6 Å². The van der Waals surface area contributed by atoms with Crippen LogP contribution in [0.15, 0.2) is 59.6 Å². The molecule has 0 aliphatic carbocycles. The number of benzene rings is 2. The van der Waals surface area contributed by atoms with Crippen LogP contribution in [0.1, 0.15) is 56.7 Å². The van der Waals surface area contributed by atoms with Gasteiger partial charge in [0.1, 0.15) is 11.1 Å². The molecule has 1 saturated heterocycles. The second kappa shape index (κ2) is 11.1. The van der Waals surface area contributed by atoms with Gasteiger partial charge in [-0.3, -0.25) is 0 Å². The smallest absolute Gasteiger partial charge is 0.319 e. The van der Waals surface area contributed by atoms with E-state index in [-0.39, 0.29) is 11.0 Å². The van der Waals surface area contributed by atoms with Crippen LogP contribution in [0.3, 0.4) is 0 Å². The monoisotopic (exact) mass is 528 g/mol. The van der Waals surface area contributed by atoms with Crippen LogP contribution in [0.5, 0.6) is 0 Å². The highest BCUT2D eigenvalue weighted by atomic mass is 32.2. The van der Waals surface area contributed by atoms with Gasteiger partial charge in [0.05, 0.1) is 9.77 Å². The fraction of sp³-hybridized carbons (Fsp3) is 0.385.